The van der Waals surface area contributed by atoms with E-state index in [-0.39, 0.29) is 12.1 Å². The summed E-state index contributed by atoms with van der Waals surface area (Å²) in [6, 6.07) is 1.92. The summed E-state index contributed by atoms with van der Waals surface area (Å²) >= 11 is 1.58. The quantitative estimate of drug-likeness (QED) is 0.622. The Hall–Kier alpha value is -0.810. The number of aliphatic hydroxyl groups is 1. The summed E-state index contributed by atoms with van der Waals surface area (Å²) in [5.41, 5.74) is -0.315. The fourth-order valence-corrected chi connectivity index (χ4v) is 1.42. The van der Waals surface area contributed by atoms with Gasteiger partial charge in [-0.15, -0.1) is 11.8 Å². The maximum absolute atomic E-state index is 9.26. The lowest BCUT2D eigenvalue weighted by Gasteiger charge is -2.34. The molecule has 0 unspecified atom stereocenters. The Balaban J connectivity index is 2.95. The predicted molar refractivity (Wildman–Crippen MR) is 63.4 cm³/mol. The minimum Gasteiger partial charge on any atom is -0.394 e. The second kappa shape index (κ2) is 4.81. The van der Waals surface area contributed by atoms with E-state index in [4.69, 9.17) is 0 Å². The number of anilines is 1. The van der Waals surface area contributed by atoms with Crippen molar-refractivity contribution in [3.8, 4) is 0 Å². The smallest absolute Gasteiger partial charge is 0.133 e. The molecule has 1 aromatic rings. The van der Waals surface area contributed by atoms with Crippen molar-refractivity contribution in [1.29, 1.82) is 0 Å². The van der Waals surface area contributed by atoms with Crippen LogP contribution in [0, 0.1) is 0 Å². The van der Waals surface area contributed by atoms with Crippen molar-refractivity contribution in [2.24, 2.45) is 0 Å². The van der Waals surface area contributed by atoms with Crippen LogP contribution in [0.15, 0.2) is 17.4 Å². The lowest BCUT2D eigenvalue weighted by molar-refractivity contribution is 0.215. The highest BCUT2D eigenvalue weighted by atomic mass is 32.2. The molecule has 0 aromatic carbocycles. The van der Waals surface area contributed by atoms with E-state index >= 15 is 0 Å². The van der Waals surface area contributed by atoms with Gasteiger partial charge in [-0.25, -0.2) is 9.97 Å². The molecule has 84 valence electrons. The molecule has 1 N–H and O–H groups in total. The Morgan fingerprint density at radius 1 is 1.47 bits per heavy atom. The molecule has 15 heavy (non-hydrogen) atoms. The van der Waals surface area contributed by atoms with Gasteiger partial charge in [-0.2, -0.15) is 0 Å². The topological polar surface area (TPSA) is 49.2 Å². The Kier molecular flexibility index (Phi) is 3.93. The summed E-state index contributed by atoms with van der Waals surface area (Å²) in [4.78, 5) is 10.3. The van der Waals surface area contributed by atoms with Crippen molar-refractivity contribution in [3.63, 3.8) is 0 Å². The van der Waals surface area contributed by atoms with Gasteiger partial charge in [0.1, 0.15) is 17.2 Å². The second-order valence-corrected chi connectivity index (χ2v) is 4.77. The van der Waals surface area contributed by atoms with E-state index in [0.29, 0.717) is 0 Å². The number of hydrogen-bond donors (Lipinski definition) is 1. The maximum Gasteiger partial charge on any atom is 0.133 e. The van der Waals surface area contributed by atoms with Crippen molar-refractivity contribution in [1.82, 2.24) is 9.97 Å². The standard InChI is InChI=1S/C10H17N3OS/c1-10(2,6-14)13(3)8-5-9(15-4)12-7-11-8/h5,7,14H,6H2,1-4H3. The minimum absolute atomic E-state index is 0.0854. The van der Waals surface area contributed by atoms with Gasteiger partial charge in [-0.05, 0) is 20.1 Å². The molecule has 1 rings (SSSR count). The van der Waals surface area contributed by atoms with Crippen LogP contribution in [0.2, 0.25) is 0 Å². The van der Waals surface area contributed by atoms with E-state index in [9.17, 15) is 5.11 Å². The molecule has 0 amide bonds. The molecule has 5 heteroatoms. The van der Waals surface area contributed by atoms with Crippen LogP contribution in [0.25, 0.3) is 0 Å². The van der Waals surface area contributed by atoms with Gasteiger partial charge in [0.2, 0.25) is 0 Å². The monoisotopic (exact) mass is 227 g/mol. The van der Waals surface area contributed by atoms with Crippen LogP contribution in [-0.4, -0.2) is 40.5 Å². The van der Waals surface area contributed by atoms with Gasteiger partial charge in [-0.1, -0.05) is 0 Å². The van der Waals surface area contributed by atoms with E-state index in [2.05, 4.69) is 9.97 Å². The molecule has 1 aromatic heterocycles. The SMILES string of the molecule is CSc1cc(N(C)C(C)(C)CO)ncn1. The molecule has 0 radical (unpaired) electrons. The zero-order chi connectivity index (χ0) is 11.5. The Bertz CT molecular complexity index is 330. The van der Waals surface area contributed by atoms with Gasteiger partial charge < -0.3 is 10.0 Å². The summed E-state index contributed by atoms with van der Waals surface area (Å²) < 4.78 is 0. The number of thioether (sulfide) groups is 1. The highest BCUT2D eigenvalue weighted by Gasteiger charge is 2.23. The largest absolute Gasteiger partial charge is 0.394 e. The predicted octanol–water partition coefficient (Wildman–Crippen LogP) is 1.41. The maximum atomic E-state index is 9.26. The first-order valence-electron chi connectivity index (χ1n) is 4.72. The number of hydrogen-bond acceptors (Lipinski definition) is 5. The first-order valence-corrected chi connectivity index (χ1v) is 5.94. The van der Waals surface area contributed by atoms with Gasteiger partial charge in [0.05, 0.1) is 12.1 Å². The molecule has 1 heterocycles. The normalized spacial score (nSPS) is 11.5. The number of likely N-dealkylation sites (N-methyl/N-ethyl adjacent to an activating group) is 1. The minimum atomic E-state index is -0.315. The number of aromatic nitrogens is 2. The number of rotatable bonds is 4. The van der Waals surface area contributed by atoms with Gasteiger partial charge in [0, 0.05) is 13.1 Å². The van der Waals surface area contributed by atoms with Crippen molar-refractivity contribution < 1.29 is 5.11 Å². The van der Waals surface area contributed by atoms with Crippen molar-refractivity contribution >= 4 is 17.6 Å². The number of aliphatic hydroxyl groups excluding tert-OH is 1. The Morgan fingerprint density at radius 2 is 2.13 bits per heavy atom. The molecule has 0 fully saturated rings. The highest BCUT2D eigenvalue weighted by Crippen LogP contribution is 2.22. The lowest BCUT2D eigenvalue weighted by atomic mass is 10.1. The van der Waals surface area contributed by atoms with E-state index in [1.165, 1.54) is 0 Å². The van der Waals surface area contributed by atoms with E-state index < -0.39 is 0 Å². The summed E-state index contributed by atoms with van der Waals surface area (Å²) in [6.45, 7) is 4.02. The average Bonchev–Trinajstić information content (AvgIpc) is 2.28. The third kappa shape index (κ3) is 2.82. The summed E-state index contributed by atoms with van der Waals surface area (Å²) in [6.07, 6.45) is 3.52. The Morgan fingerprint density at radius 3 is 2.67 bits per heavy atom. The van der Waals surface area contributed by atoms with Crippen LogP contribution in [0.5, 0.6) is 0 Å². The van der Waals surface area contributed by atoms with Gasteiger partial charge in [0.25, 0.3) is 0 Å². The van der Waals surface area contributed by atoms with Crippen LogP contribution >= 0.6 is 11.8 Å². The molecule has 0 atom stereocenters. The van der Waals surface area contributed by atoms with Crippen LogP contribution < -0.4 is 4.90 Å². The Labute approximate surface area is 94.7 Å². The van der Waals surface area contributed by atoms with Gasteiger partial charge >= 0.3 is 0 Å². The van der Waals surface area contributed by atoms with Crippen LogP contribution in [0.3, 0.4) is 0 Å². The molecular formula is C10H17N3OS. The molecule has 0 aliphatic carbocycles. The zero-order valence-electron chi connectivity index (χ0n) is 9.56. The van der Waals surface area contributed by atoms with Crippen molar-refractivity contribution in [3.05, 3.63) is 12.4 Å². The van der Waals surface area contributed by atoms with E-state index in [0.717, 1.165) is 10.8 Å². The van der Waals surface area contributed by atoms with E-state index in [1.54, 1.807) is 18.1 Å². The van der Waals surface area contributed by atoms with Crippen molar-refractivity contribution in [2.45, 2.75) is 24.4 Å². The third-order valence-electron chi connectivity index (χ3n) is 2.48. The van der Waals surface area contributed by atoms with Crippen LogP contribution in [0.4, 0.5) is 5.82 Å². The highest BCUT2D eigenvalue weighted by molar-refractivity contribution is 7.98. The fourth-order valence-electron chi connectivity index (χ4n) is 1.04. The third-order valence-corrected chi connectivity index (χ3v) is 3.12. The van der Waals surface area contributed by atoms with Gasteiger partial charge in [0.15, 0.2) is 0 Å². The first-order chi connectivity index (χ1) is 7.01. The van der Waals surface area contributed by atoms with E-state index in [1.807, 2.05) is 38.1 Å². The lowest BCUT2D eigenvalue weighted by Crippen LogP contribution is -2.44. The van der Waals surface area contributed by atoms with Gasteiger partial charge in [-0.3, -0.25) is 0 Å². The second-order valence-electron chi connectivity index (χ2n) is 3.95. The molecule has 0 aliphatic rings. The van der Waals surface area contributed by atoms with Crippen LogP contribution in [0.1, 0.15) is 13.8 Å². The summed E-state index contributed by atoms with van der Waals surface area (Å²) in [7, 11) is 1.92. The zero-order valence-corrected chi connectivity index (χ0v) is 10.4. The average molecular weight is 227 g/mol. The molecule has 0 spiro atoms. The van der Waals surface area contributed by atoms with Crippen molar-refractivity contribution in [2.75, 3.05) is 24.8 Å². The summed E-state index contributed by atoms with van der Waals surface area (Å²) in [5.74, 6) is 0.827. The molecule has 0 saturated heterocycles. The molecule has 0 bridgehead atoms. The molecule has 0 aliphatic heterocycles. The molecule has 4 nitrogen and oxygen atoms in total. The number of nitrogens with zero attached hydrogens (tertiary/aromatic N) is 3. The molecular weight excluding hydrogens is 210 g/mol. The fraction of sp³-hybridized carbons (Fsp3) is 0.600. The van der Waals surface area contributed by atoms with Crippen LogP contribution in [-0.2, 0) is 0 Å². The summed E-state index contributed by atoms with van der Waals surface area (Å²) in [5, 5.41) is 10.2. The molecule has 0 saturated carbocycles. The first kappa shape index (κ1) is 12.3.